The van der Waals surface area contributed by atoms with E-state index in [0.29, 0.717) is 0 Å². The number of ether oxygens (including phenoxy) is 1. The Kier molecular flexibility index (Phi) is 3.46. The van der Waals surface area contributed by atoms with E-state index in [1.165, 1.54) is 6.08 Å². The second-order valence-corrected chi connectivity index (χ2v) is 3.16. The molecule has 0 unspecified atom stereocenters. The number of carbonyl (C=O) groups excluding carboxylic acids is 1. The number of hydrogen-bond acceptors (Lipinski definition) is 2. The molecule has 0 aromatic heterocycles. The number of hydrogen-bond donors (Lipinski definition) is 0. The van der Waals surface area contributed by atoms with E-state index in [1.54, 1.807) is 13.2 Å². The lowest BCUT2D eigenvalue weighted by Crippen LogP contribution is -1.91. The van der Waals surface area contributed by atoms with Crippen molar-refractivity contribution in [1.29, 1.82) is 0 Å². The second kappa shape index (κ2) is 4.61. The van der Waals surface area contributed by atoms with Crippen molar-refractivity contribution in [3.8, 4) is 5.75 Å². The average Bonchev–Trinajstić information content (AvgIpc) is 2.19. The smallest absolute Gasteiger partial charge is 0.142 e. The Hall–Kier alpha value is -1.57. The van der Waals surface area contributed by atoms with Crippen LogP contribution in [-0.2, 0) is 4.79 Å². The molecule has 14 heavy (non-hydrogen) atoms. The first-order valence-electron chi connectivity index (χ1n) is 4.46. The van der Waals surface area contributed by atoms with Crippen molar-refractivity contribution in [2.24, 2.45) is 0 Å². The maximum Gasteiger partial charge on any atom is 0.142 e. The second-order valence-electron chi connectivity index (χ2n) is 3.16. The molecule has 0 heterocycles. The van der Waals surface area contributed by atoms with Crippen molar-refractivity contribution < 1.29 is 9.53 Å². The van der Waals surface area contributed by atoms with Crippen molar-refractivity contribution in [3.63, 3.8) is 0 Å². The maximum absolute atomic E-state index is 10.2. The molecule has 0 aliphatic carbocycles. The molecule has 0 saturated heterocycles. The lowest BCUT2D eigenvalue weighted by Gasteiger charge is -2.08. The molecular weight excluding hydrogens is 176 g/mol. The number of aryl methyl sites for hydroxylation is 1. The fourth-order valence-corrected chi connectivity index (χ4v) is 1.31. The zero-order chi connectivity index (χ0) is 10.6. The molecule has 0 saturated carbocycles. The summed E-state index contributed by atoms with van der Waals surface area (Å²) in [5, 5.41) is 0. The van der Waals surface area contributed by atoms with Crippen molar-refractivity contribution in [3.05, 3.63) is 34.9 Å². The Morgan fingerprint density at radius 2 is 2.00 bits per heavy atom. The van der Waals surface area contributed by atoms with Crippen LogP contribution in [-0.4, -0.2) is 13.4 Å². The zero-order valence-corrected chi connectivity index (χ0v) is 8.70. The minimum absolute atomic E-state index is 0.766. The van der Waals surface area contributed by atoms with Gasteiger partial charge in [-0.1, -0.05) is 12.1 Å². The average molecular weight is 190 g/mol. The van der Waals surface area contributed by atoms with Crippen molar-refractivity contribution in [2.75, 3.05) is 7.11 Å². The first kappa shape index (κ1) is 10.5. The van der Waals surface area contributed by atoms with Gasteiger partial charge >= 0.3 is 0 Å². The summed E-state index contributed by atoms with van der Waals surface area (Å²) in [5.74, 6) is 0.857. The molecule has 1 aromatic carbocycles. The number of benzene rings is 1. The van der Waals surface area contributed by atoms with E-state index in [4.69, 9.17) is 4.74 Å². The van der Waals surface area contributed by atoms with Crippen molar-refractivity contribution in [2.45, 2.75) is 13.8 Å². The molecule has 2 nitrogen and oxygen atoms in total. The molecule has 1 rings (SSSR count). The van der Waals surface area contributed by atoms with Crippen LogP contribution in [0.2, 0.25) is 0 Å². The molecule has 0 atom stereocenters. The fourth-order valence-electron chi connectivity index (χ4n) is 1.31. The minimum atomic E-state index is 0.766. The van der Waals surface area contributed by atoms with Crippen LogP contribution in [0.25, 0.3) is 6.08 Å². The number of rotatable bonds is 3. The lowest BCUT2D eigenvalue weighted by atomic mass is 10.0. The van der Waals surface area contributed by atoms with E-state index in [-0.39, 0.29) is 0 Å². The van der Waals surface area contributed by atoms with Gasteiger partial charge in [0.2, 0.25) is 0 Å². The summed E-state index contributed by atoms with van der Waals surface area (Å²) >= 11 is 0. The van der Waals surface area contributed by atoms with Gasteiger partial charge in [-0.15, -0.1) is 0 Å². The zero-order valence-electron chi connectivity index (χ0n) is 8.70. The third kappa shape index (κ3) is 2.22. The third-order valence-electron chi connectivity index (χ3n) is 2.23. The summed E-state index contributed by atoms with van der Waals surface area (Å²) in [6.07, 6.45) is 4.01. The van der Waals surface area contributed by atoms with E-state index in [0.717, 1.165) is 28.7 Å². The van der Waals surface area contributed by atoms with Crippen LogP contribution in [0.1, 0.15) is 16.7 Å². The molecule has 0 aliphatic rings. The Balaban J connectivity index is 3.15. The van der Waals surface area contributed by atoms with Gasteiger partial charge in [-0.25, -0.2) is 0 Å². The van der Waals surface area contributed by atoms with Gasteiger partial charge in [0.1, 0.15) is 12.0 Å². The summed E-state index contributed by atoms with van der Waals surface area (Å²) < 4.78 is 5.22. The van der Waals surface area contributed by atoms with Gasteiger partial charge in [0.15, 0.2) is 0 Å². The number of aldehydes is 1. The Morgan fingerprint density at radius 1 is 1.29 bits per heavy atom. The van der Waals surface area contributed by atoms with E-state index in [1.807, 2.05) is 26.0 Å². The molecule has 0 bridgehead atoms. The predicted octanol–water partition coefficient (Wildman–Crippen LogP) is 2.52. The number of methoxy groups -OCH3 is 1. The fraction of sp³-hybridized carbons (Fsp3) is 0.250. The highest BCUT2D eigenvalue weighted by molar-refractivity contribution is 5.74. The van der Waals surface area contributed by atoms with Gasteiger partial charge < -0.3 is 4.74 Å². The lowest BCUT2D eigenvalue weighted by molar-refractivity contribution is -0.104. The maximum atomic E-state index is 10.2. The monoisotopic (exact) mass is 190 g/mol. The van der Waals surface area contributed by atoms with Crippen LogP contribution in [0.5, 0.6) is 5.75 Å². The predicted molar refractivity (Wildman–Crippen MR) is 57.6 cm³/mol. The topological polar surface area (TPSA) is 26.3 Å². The number of allylic oxidation sites excluding steroid dienone is 1. The standard InChI is InChI=1S/C12H14O2/c1-9-7-11(5-4-6-13)8-12(14-3)10(9)2/h4-8H,1-3H3/b5-4+. The van der Waals surface area contributed by atoms with Crippen LogP contribution in [0.4, 0.5) is 0 Å². The third-order valence-corrected chi connectivity index (χ3v) is 2.23. The molecule has 0 spiro atoms. The van der Waals surface area contributed by atoms with Gasteiger partial charge in [0.05, 0.1) is 7.11 Å². The van der Waals surface area contributed by atoms with Crippen LogP contribution in [0, 0.1) is 13.8 Å². The van der Waals surface area contributed by atoms with E-state index in [9.17, 15) is 4.79 Å². The molecule has 0 fully saturated rings. The highest BCUT2D eigenvalue weighted by Gasteiger charge is 2.02. The van der Waals surface area contributed by atoms with Gasteiger partial charge in [0.25, 0.3) is 0 Å². The highest BCUT2D eigenvalue weighted by Crippen LogP contribution is 2.23. The first-order chi connectivity index (χ1) is 6.69. The van der Waals surface area contributed by atoms with E-state index in [2.05, 4.69) is 0 Å². The SMILES string of the molecule is COc1cc(/C=C/C=O)cc(C)c1C. The van der Waals surface area contributed by atoms with Crippen molar-refractivity contribution in [1.82, 2.24) is 0 Å². The Labute approximate surface area is 84.2 Å². The Bertz CT molecular complexity index is 365. The molecule has 0 aliphatic heterocycles. The van der Waals surface area contributed by atoms with Crippen LogP contribution in [0.3, 0.4) is 0 Å². The normalized spacial score (nSPS) is 10.5. The minimum Gasteiger partial charge on any atom is -0.496 e. The van der Waals surface area contributed by atoms with Crippen LogP contribution >= 0.6 is 0 Å². The molecule has 1 aromatic rings. The van der Waals surface area contributed by atoms with Gasteiger partial charge in [-0.05, 0) is 42.7 Å². The molecule has 0 radical (unpaired) electrons. The van der Waals surface area contributed by atoms with Crippen LogP contribution in [0.15, 0.2) is 18.2 Å². The summed E-state index contributed by atoms with van der Waals surface area (Å²) in [4.78, 5) is 10.2. The summed E-state index contributed by atoms with van der Waals surface area (Å²) in [6.45, 7) is 4.04. The summed E-state index contributed by atoms with van der Waals surface area (Å²) in [5.41, 5.74) is 3.28. The van der Waals surface area contributed by atoms with Gasteiger partial charge in [-0.2, -0.15) is 0 Å². The Morgan fingerprint density at radius 3 is 2.57 bits per heavy atom. The van der Waals surface area contributed by atoms with E-state index >= 15 is 0 Å². The molecular formula is C12H14O2. The van der Waals surface area contributed by atoms with Gasteiger partial charge in [-0.3, -0.25) is 4.79 Å². The quantitative estimate of drug-likeness (QED) is 0.540. The highest BCUT2D eigenvalue weighted by atomic mass is 16.5. The summed E-state index contributed by atoms with van der Waals surface area (Å²) in [6, 6.07) is 3.94. The molecule has 74 valence electrons. The largest absolute Gasteiger partial charge is 0.496 e. The molecule has 2 heteroatoms. The molecule has 0 N–H and O–H groups in total. The number of carbonyl (C=O) groups is 1. The van der Waals surface area contributed by atoms with Crippen molar-refractivity contribution >= 4 is 12.4 Å². The summed E-state index contributed by atoms with van der Waals surface area (Å²) in [7, 11) is 1.65. The van der Waals surface area contributed by atoms with Gasteiger partial charge in [0, 0.05) is 0 Å². The van der Waals surface area contributed by atoms with Crippen LogP contribution < -0.4 is 4.74 Å². The van der Waals surface area contributed by atoms with E-state index < -0.39 is 0 Å². The molecule has 0 amide bonds. The first-order valence-corrected chi connectivity index (χ1v) is 4.46.